The number of para-hydroxylation sites is 1. The van der Waals surface area contributed by atoms with Crippen molar-refractivity contribution in [3.05, 3.63) is 176 Å². The molecule has 0 amide bonds. The Morgan fingerprint density at radius 2 is 1.06 bits per heavy atom. The van der Waals surface area contributed by atoms with Crippen molar-refractivity contribution in [2.45, 2.75) is 0 Å². The average Bonchev–Trinajstić information content (AvgIpc) is 3.81. The van der Waals surface area contributed by atoms with E-state index in [0.717, 1.165) is 50.0 Å². The summed E-state index contributed by atoms with van der Waals surface area (Å²) in [5.74, 6) is 0.828. The smallest absolute Gasteiger partial charge is 0.165 e. The third-order valence-electron chi connectivity index (χ3n) is 11.1. The van der Waals surface area contributed by atoms with Crippen LogP contribution in [0, 0.1) is 0 Å². The molecule has 12 aromatic rings. The van der Waals surface area contributed by atoms with Gasteiger partial charge in [-0.05, 0) is 62.3 Å². The number of hydrogen-bond acceptors (Lipinski definition) is 3. The Bertz CT molecular complexity index is 3500. The second-order valence-corrected chi connectivity index (χ2v) is 15.1. The minimum absolute atomic E-state index is 0.828. The number of fused-ring (bicyclic) bond motifs is 15. The van der Waals surface area contributed by atoms with Crippen molar-refractivity contribution in [1.82, 2.24) is 14.5 Å². The summed E-state index contributed by atoms with van der Waals surface area (Å²) >= 11 is 1.88. The molecule has 9 aromatic carbocycles. The molecule has 0 unspecified atom stereocenters. The Kier molecular flexibility index (Phi) is 6.21. The monoisotopic (exact) mass is 703 g/mol. The van der Waals surface area contributed by atoms with Gasteiger partial charge in [-0.3, -0.25) is 4.57 Å². The first-order valence-corrected chi connectivity index (χ1v) is 19.2. The average molecular weight is 704 g/mol. The third-order valence-corrected chi connectivity index (χ3v) is 12.3. The Hall–Kier alpha value is -6.88. The number of thiophene rings is 1. The molecule has 0 N–H and O–H groups in total. The van der Waals surface area contributed by atoms with E-state index in [1.165, 1.54) is 63.6 Å². The minimum Gasteiger partial charge on any atom is -0.290 e. The second kappa shape index (κ2) is 11.3. The van der Waals surface area contributed by atoms with E-state index in [9.17, 15) is 0 Å². The van der Waals surface area contributed by atoms with Gasteiger partial charge in [0.1, 0.15) is 5.69 Å². The van der Waals surface area contributed by atoms with E-state index in [2.05, 4.69) is 180 Å². The van der Waals surface area contributed by atoms with Crippen LogP contribution in [-0.2, 0) is 0 Å². The molecule has 0 aliphatic rings. The highest BCUT2D eigenvalue weighted by Gasteiger charge is 2.25. The van der Waals surface area contributed by atoms with Crippen LogP contribution in [0.4, 0.5) is 0 Å². The van der Waals surface area contributed by atoms with Crippen LogP contribution >= 0.6 is 11.3 Å². The normalized spacial score (nSPS) is 12.1. The summed E-state index contributed by atoms with van der Waals surface area (Å²) in [7, 11) is 0. The maximum atomic E-state index is 5.72. The Morgan fingerprint density at radius 3 is 1.89 bits per heavy atom. The molecule has 0 saturated carbocycles. The van der Waals surface area contributed by atoms with E-state index >= 15 is 0 Å². The van der Waals surface area contributed by atoms with Crippen molar-refractivity contribution in [3.63, 3.8) is 0 Å². The lowest BCUT2D eigenvalue weighted by atomic mass is 9.96. The summed E-state index contributed by atoms with van der Waals surface area (Å²) in [6, 6.07) is 63.3. The molecule has 0 fully saturated rings. The van der Waals surface area contributed by atoms with E-state index in [0.29, 0.717) is 0 Å². The van der Waals surface area contributed by atoms with E-state index in [4.69, 9.17) is 9.97 Å². The maximum absolute atomic E-state index is 5.72. The Balaban J connectivity index is 1.31. The van der Waals surface area contributed by atoms with Gasteiger partial charge in [-0.2, -0.15) is 0 Å². The Morgan fingerprint density at radius 1 is 0.426 bits per heavy atom. The van der Waals surface area contributed by atoms with Crippen LogP contribution < -0.4 is 0 Å². The summed E-state index contributed by atoms with van der Waals surface area (Å²) in [5, 5.41) is 12.4. The molecular formula is C50H29N3S. The van der Waals surface area contributed by atoms with Crippen LogP contribution in [0.25, 0.3) is 114 Å². The summed E-state index contributed by atoms with van der Waals surface area (Å²) < 4.78 is 4.97. The van der Waals surface area contributed by atoms with Gasteiger partial charge in [0.15, 0.2) is 5.82 Å². The quantitative estimate of drug-likeness (QED) is 0.172. The molecule has 54 heavy (non-hydrogen) atoms. The van der Waals surface area contributed by atoms with Crippen molar-refractivity contribution >= 4 is 96.7 Å². The van der Waals surface area contributed by atoms with Crippen LogP contribution in [0.2, 0.25) is 0 Å². The first kappa shape index (κ1) is 29.7. The fraction of sp³-hybridized carbons (Fsp3) is 0. The third kappa shape index (κ3) is 4.17. The molecule has 3 heterocycles. The second-order valence-electron chi connectivity index (χ2n) is 14.1. The number of benzene rings is 9. The van der Waals surface area contributed by atoms with Gasteiger partial charge in [0, 0.05) is 37.2 Å². The van der Waals surface area contributed by atoms with Gasteiger partial charge in [0.05, 0.1) is 26.8 Å². The largest absolute Gasteiger partial charge is 0.290 e. The topological polar surface area (TPSA) is 30.7 Å². The zero-order valence-electron chi connectivity index (χ0n) is 29.0. The molecule has 4 heteroatoms. The molecule has 0 spiro atoms. The minimum atomic E-state index is 0.828. The lowest BCUT2D eigenvalue weighted by molar-refractivity contribution is 1.09. The molecule has 0 aliphatic carbocycles. The van der Waals surface area contributed by atoms with Crippen LogP contribution in [-0.4, -0.2) is 14.5 Å². The predicted molar refractivity (Wildman–Crippen MR) is 230 cm³/mol. The van der Waals surface area contributed by atoms with Gasteiger partial charge < -0.3 is 0 Å². The maximum Gasteiger partial charge on any atom is 0.165 e. The zero-order valence-corrected chi connectivity index (χ0v) is 29.8. The SMILES string of the molecule is c1ccc(-c2cccc(-c3nc4ccc5ccccc5c4nc3-n3c4ccccc4c4c5ccccc5c5c(sc6ccc7ccccc7c65)c43)c2)cc1. The zero-order chi connectivity index (χ0) is 35.3. The highest BCUT2D eigenvalue weighted by Crippen LogP contribution is 2.50. The molecule has 0 bridgehead atoms. The van der Waals surface area contributed by atoms with Crippen molar-refractivity contribution < 1.29 is 0 Å². The van der Waals surface area contributed by atoms with Crippen LogP contribution in [0.15, 0.2) is 176 Å². The summed E-state index contributed by atoms with van der Waals surface area (Å²) in [6.45, 7) is 0. The summed E-state index contributed by atoms with van der Waals surface area (Å²) in [4.78, 5) is 11.3. The highest BCUT2D eigenvalue weighted by atomic mass is 32.1. The van der Waals surface area contributed by atoms with Crippen LogP contribution in [0.3, 0.4) is 0 Å². The standard InChI is InChI=1S/C50H29N3S/c1-2-13-30(14-3-1)33-17-12-18-34(29-33)46-50(52-47-36-20-7-5-16-32(36)25-27-40(47)51-46)53-41-24-11-10-23-39(41)43-37-21-8-9-22-38(37)45-44-35-19-6-4-15-31(35)26-28-42(44)54-49(45)48(43)53/h1-29H. The van der Waals surface area contributed by atoms with Crippen molar-refractivity contribution in [3.8, 4) is 28.2 Å². The van der Waals surface area contributed by atoms with Gasteiger partial charge in [-0.1, -0.05) is 152 Å². The molecular weight excluding hydrogens is 675 g/mol. The van der Waals surface area contributed by atoms with Gasteiger partial charge in [-0.15, -0.1) is 11.3 Å². The lowest BCUT2D eigenvalue weighted by Crippen LogP contribution is -2.04. The molecule has 3 aromatic heterocycles. The predicted octanol–water partition coefficient (Wildman–Crippen LogP) is 13.9. The van der Waals surface area contributed by atoms with Gasteiger partial charge in [-0.25, -0.2) is 9.97 Å². The molecule has 0 saturated heterocycles. The summed E-state index contributed by atoms with van der Waals surface area (Å²) in [5.41, 5.74) is 8.25. The summed E-state index contributed by atoms with van der Waals surface area (Å²) in [6.07, 6.45) is 0. The molecule has 0 aliphatic heterocycles. The Labute approximate surface area is 314 Å². The van der Waals surface area contributed by atoms with Crippen molar-refractivity contribution in [2.75, 3.05) is 0 Å². The number of hydrogen-bond donors (Lipinski definition) is 0. The van der Waals surface area contributed by atoms with E-state index in [1.54, 1.807) is 0 Å². The van der Waals surface area contributed by atoms with E-state index in [-0.39, 0.29) is 0 Å². The first-order chi connectivity index (χ1) is 26.8. The van der Waals surface area contributed by atoms with Gasteiger partial charge >= 0.3 is 0 Å². The van der Waals surface area contributed by atoms with Gasteiger partial charge in [0.2, 0.25) is 0 Å². The van der Waals surface area contributed by atoms with Crippen molar-refractivity contribution in [2.24, 2.45) is 0 Å². The van der Waals surface area contributed by atoms with Crippen LogP contribution in [0.1, 0.15) is 0 Å². The van der Waals surface area contributed by atoms with Crippen LogP contribution in [0.5, 0.6) is 0 Å². The molecule has 3 nitrogen and oxygen atoms in total. The number of rotatable bonds is 3. The number of aromatic nitrogens is 3. The lowest BCUT2D eigenvalue weighted by Gasteiger charge is -2.16. The molecule has 12 rings (SSSR count). The fourth-order valence-corrected chi connectivity index (χ4v) is 10.0. The molecule has 250 valence electrons. The van der Waals surface area contributed by atoms with E-state index < -0.39 is 0 Å². The van der Waals surface area contributed by atoms with Crippen molar-refractivity contribution in [1.29, 1.82) is 0 Å². The first-order valence-electron chi connectivity index (χ1n) is 18.3. The number of nitrogens with zero attached hydrogens (tertiary/aromatic N) is 3. The molecule has 0 radical (unpaired) electrons. The van der Waals surface area contributed by atoms with E-state index in [1.807, 2.05) is 11.3 Å². The van der Waals surface area contributed by atoms with Gasteiger partial charge in [0.25, 0.3) is 0 Å². The molecule has 0 atom stereocenters. The highest BCUT2D eigenvalue weighted by molar-refractivity contribution is 7.27. The fourth-order valence-electron chi connectivity index (χ4n) is 8.77.